The first kappa shape index (κ1) is 30.7. The highest BCUT2D eigenvalue weighted by atomic mass is 16.6. The average molecular weight is 586 g/mol. The van der Waals surface area contributed by atoms with E-state index < -0.39 is 41.5 Å². The number of nitrogens with zero attached hydrogens (tertiary/aromatic N) is 1. The molecule has 1 fully saturated rings. The van der Waals surface area contributed by atoms with Crippen molar-refractivity contribution >= 4 is 12.0 Å². The predicted octanol–water partition coefficient (Wildman–Crippen LogP) is 3.95. The summed E-state index contributed by atoms with van der Waals surface area (Å²) in [5.74, 6) is -0.200. The normalized spacial score (nSPS) is 23.3. The van der Waals surface area contributed by atoms with E-state index in [9.17, 15) is 19.8 Å². The quantitative estimate of drug-likeness (QED) is 0.303. The summed E-state index contributed by atoms with van der Waals surface area (Å²) in [5, 5.41) is 29.0. The molecule has 0 saturated carbocycles. The third-order valence-electron chi connectivity index (χ3n) is 8.45. The van der Waals surface area contributed by atoms with Crippen LogP contribution in [0.15, 0.2) is 84.9 Å². The van der Waals surface area contributed by atoms with Crippen LogP contribution in [0.1, 0.15) is 55.5 Å². The molecule has 0 spiro atoms. The molecule has 1 aliphatic heterocycles. The molecule has 1 saturated heterocycles. The van der Waals surface area contributed by atoms with Gasteiger partial charge in [0.1, 0.15) is 5.60 Å². The number of nitrogens with one attached hydrogen (secondary N) is 2. The van der Waals surface area contributed by atoms with Crippen LogP contribution in [0.4, 0.5) is 4.79 Å². The summed E-state index contributed by atoms with van der Waals surface area (Å²) in [4.78, 5) is 28.9. The topological polar surface area (TPSA) is 111 Å². The minimum atomic E-state index is -1.30. The molecule has 0 radical (unpaired) electrons. The molecule has 0 aromatic heterocycles. The zero-order chi connectivity index (χ0) is 30.6. The molecule has 3 aromatic rings. The van der Waals surface area contributed by atoms with E-state index in [0.717, 1.165) is 22.3 Å². The lowest BCUT2D eigenvalue weighted by Crippen LogP contribution is -2.57. The zero-order valence-electron chi connectivity index (χ0n) is 25.2. The number of ether oxygens (including phenoxy) is 1. The molecule has 2 amide bonds. The van der Waals surface area contributed by atoms with Gasteiger partial charge in [-0.3, -0.25) is 9.69 Å². The first-order valence-electron chi connectivity index (χ1n) is 15.1. The molecule has 5 atom stereocenters. The first-order valence-corrected chi connectivity index (χ1v) is 15.1. The number of hydrogen-bond donors (Lipinski definition) is 4. The Morgan fingerprint density at radius 3 is 2.21 bits per heavy atom. The summed E-state index contributed by atoms with van der Waals surface area (Å²) in [6.07, 6.45) is 0.413. The molecular formula is C35H43N3O5. The van der Waals surface area contributed by atoms with Crippen LogP contribution in [0.25, 0.3) is 0 Å². The lowest BCUT2D eigenvalue weighted by atomic mass is 9.88. The Balaban J connectivity index is 1.38. The van der Waals surface area contributed by atoms with Gasteiger partial charge in [-0.2, -0.15) is 0 Å². The van der Waals surface area contributed by atoms with E-state index in [1.54, 1.807) is 20.8 Å². The second kappa shape index (κ2) is 12.9. The maximum Gasteiger partial charge on any atom is 0.407 e. The van der Waals surface area contributed by atoms with Crippen LogP contribution < -0.4 is 10.6 Å². The van der Waals surface area contributed by atoms with Crippen LogP contribution in [-0.2, 0) is 28.8 Å². The molecule has 0 bridgehead atoms. The molecule has 8 nitrogen and oxygen atoms in total. The Bertz CT molecular complexity index is 1390. The second-order valence-corrected chi connectivity index (χ2v) is 12.9. The number of fused-ring (bicyclic) bond motifs is 1. The van der Waals surface area contributed by atoms with Crippen LogP contribution in [0.5, 0.6) is 0 Å². The number of amides is 2. The monoisotopic (exact) mass is 585 g/mol. The number of carbonyl (C=O) groups is 2. The fourth-order valence-corrected chi connectivity index (χ4v) is 6.29. The molecule has 43 heavy (non-hydrogen) atoms. The van der Waals surface area contributed by atoms with Gasteiger partial charge in [0.25, 0.3) is 0 Å². The van der Waals surface area contributed by atoms with E-state index in [0.29, 0.717) is 32.2 Å². The van der Waals surface area contributed by atoms with Gasteiger partial charge in [0, 0.05) is 19.5 Å². The van der Waals surface area contributed by atoms with Gasteiger partial charge in [-0.25, -0.2) is 4.79 Å². The fraction of sp³-hybridized carbons (Fsp3) is 0.429. The van der Waals surface area contributed by atoms with Crippen molar-refractivity contribution in [3.63, 3.8) is 0 Å². The van der Waals surface area contributed by atoms with Crippen LogP contribution in [-0.4, -0.2) is 69.6 Å². The second-order valence-electron chi connectivity index (χ2n) is 12.9. The Labute approximate surface area is 254 Å². The van der Waals surface area contributed by atoms with Gasteiger partial charge in [0.15, 0.2) is 0 Å². The number of rotatable bonds is 9. The maximum atomic E-state index is 14.0. The Hall–Kier alpha value is -3.72. The van der Waals surface area contributed by atoms with Crippen molar-refractivity contribution < 1.29 is 24.5 Å². The van der Waals surface area contributed by atoms with Crippen molar-refractivity contribution in [1.29, 1.82) is 0 Å². The van der Waals surface area contributed by atoms with Gasteiger partial charge in [-0.1, -0.05) is 84.9 Å². The average Bonchev–Trinajstić information content (AvgIpc) is 3.51. The fourth-order valence-electron chi connectivity index (χ4n) is 6.29. The number of alkyl carbamates (subject to hydrolysis) is 1. The Morgan fingerprint density at radius 1 is 0.953 bits per heavy atom. The van der Waals surface area contributed by atoms with Gasteiger partial charge >= 0.3 is 6.09 Å². The zero-order valence-corrected chi connectivity index (χ0v) is 25.2. The number of β-amino-alcohol motifs (C(OH)–C–C–N with tert-alkyl or cyclic N) is 1. The molecule has 0 unspecified atom stereocenters. The highest BCUT2D eigenvalue weighted by Crippen LogP contribution is 2.33. The van der Waals surface area contributed by atoms with Crippen molar-refractivity contribution in [1.82, 2.24) is 15.5 Å². The van der Waals surface area contributed by atoms with Crippen molar-refractivity contribution in [2.24, 2.45) is 0 Å². The number of carbonyl (C=O) groups excluding carboxylic acids is 2. The van der Waals surface area contributed by atoms with Gasteiger partial charge in [-0.05, 0) is 62.3 Å². The maximum absolute atomic E-state index is 14.0. The molecule has 1 heterocycles. The van der Waals surface area contributed by atoms with Gasteiger partial charge in [0.05, 0.1) is 29.8 Å². The van der Waals surface area contributed by atoms with E-state index in [1.165, 1.54) is 0 Å². The van der Waals surface area contributed by atoms with E-state index >= 15 is 0 Å². The standard InChI is InChI=1S/C35H43N3O5/c1-34(2,3)43-33(41)36-30(21-25-14-8-5-9-15-25)35(42)18-19-38(23-35)28(20-24-12-6-4-7-13-24)32(40)37-31-27-17-11-10-16-26(27)22-29(31)39/h4-17,28-31,39,42H,18-23H2,1-3H3,(H,36,41)(H,37,40)/t28-,29+,30-,31-,35-/m0/s1. The largest absolute Gasteiger partial charge is 0.444 e. The highest BCUT2D eigenvalue weighted by molar-refractivity contribution is 5.83. The highest BCUT2D eigenvalue weighted by Gasteiger charge is 2.47. The smallest absolute Gasteiger partial charge is 0.407 e. The lowest BCUT2D eigenvalue weighted by molar-refractivity contribution is -0.128. The minimum Gasteiger partial charge on any atom is -0.444 e. The number of benzene rings is 3. The van der Waals surface area contributed by atoms with Crippen molar-refractivity contribution in [3.05, 3.63) is 107 Å². The van der Waals surface area contributed by atoms with Gasteiger partial charge in [0.2, 0.25) is 5.91 Å². The Morgan fingerprint density at radius 2 is 1.56 bits per heavy atom. The molecule has 4 N–H and O–H groups in total. The molecule has 2 aliphatic rings. The Kier molecular flexibility index (Phi) is 9.20. The van der Waals surface area contributed by atoms with Crippen LogP contribution >= 0.6 is 0 Å². The van der Waals surface area contributed by atoms with Crippen molar-refractivity contribution in [3.8, 4) is 0 Å². The molecule has 3 aromatic carbocycles. The van der Waals surface area contributed by atoms with Crippen LogP contribution in [0, 0.1) is 0 Å². The van der Waals surface area contributed by atoms with Crippen molar-refractivity contribution in [2.45, 2.75) is 81.9 Å². The molecule has 1 aliphatic carbocycles. The number of hydrogen-bond acceptors (Lipinski definition) is 6. The predicted molar refractivity (Wildman–Crippen MR) is 165 cm³/mol. The number of aliphatic hydroxyl groups is 2. The third-order valence-corrected chi connectivity index (χ3v) is 8.45. The van der Waals surface area contributed by atoms with Gasteiger partial charge in [-0.15, -0.1) is 0 Å². The third kappa shape index (κ3) is 7.63. The van der Waals surface area contributed by atoms with E-state index in [2.05, 4.69) is 10.6 Å². The molecule has 228 valence electrons. The molecule has 5 rings (SSSR count). The number of aliphatic hydroxyl groups excluding tert-OH is 1. The minimum absolute atomic E-state index is 0.190. The van der Waals surface area contributed by atoms with Crippen LogP contribution in [0.3, 0.4) is 0 Å². The molecular weight excluding hydrogens is 542 g/mol. The summed E-state index contributed by atoms with van der Waals surface area (Å²) < 4.78 is 5.55. The first-order chi connectivity index (χ1) is 20.5. The van der Waals surface area contributed by atoms with Crippen molar-refractivity contribution in [2.75, 3.05) is 13.1 Å². The summed E-state index contributed by atoms with van der Waals surface area (Å²) in [6, 6.07) is 25.6. The summed E-state index contributed by atoms with van der Waals surface area (Å²) in [5.41, 5.74) is 1.95. The van der Waals surface area contributed by atoms with E-state index in [4.69, 9.17) is 4.74 Å². The lowest BCUT2D eigenvalue weighted by Gasteiger charge is -2.35. The van der Waals surface area contributed by atoms with E-state index in [-0.39, 0.29) is 12.5 Å². The number of likely N-dealkylation sites (tertiary alicyclic amines) is 1. The SMILES string of the molecule is CC(C)(C)OC(=O)N[C@@H](Cc1ccccc1)[C@]1(O)CCN([C@@H](Cc2ccccc2)C(=O)N[C@H]2c3ccccc3C[C@H]2O)C1. The van der Waals surface area contributed by atoms with E-state index in [1.807, 2.05) is 89.8 Å². The van der Waals surface area contributed by atoms with Crippen LogP contribution in [0.2, 0.25) is 0 Å². The summed E-state index contributed by atoms with van der Waals surface area (Å²) in [6.45, 7) is 6.06. The summed E-state index contributed by atoms with van der Waals surface area (Å²) in [7, 11) is 0. The molecule has 8 heteroatoms. The summed E-state index contributed by atoms with van der Waals surface area (Å²) >= 11 is 0. The van der Waals surface area contributed by atoms with Gasteiger partial charge < -0.3 is 25.6 Å².